The number of anilines is 3. The number of hydrogen-bond donors (Lipinski definition) is 0. The first-order valence-electron chi connectivity index (χ1n) is 21.0. The van der Waals surface area contributed by atoms with Crippen LogP contribution in [0.3, 0.4) is 0 Å². The second-order valence-corrected chi connectivity index (χ2v) is 15.5. The van der Waals surface area contributed by atoms with Crippen LogP contribution >= 0.6 is 0 Å². The summed E-state index contributed by atoms with van der Waals surface area (Å²) in [5.74, 6) is 0.701. The molecule has 0 radical (unpaired) electrons. The van der Waals surface area contributed by atoms with Crippen LogP contribution in [0.25, 0.3) is 83.6 Å². The van der Waals surface area contributed by atoms with Crippen molar-refractivity contribution < 1.29 is 0 Å². The molecule has 4 heteroatoms. The molecule has 0 fully saturated rings. The Balaban J connectivity index is 0.938. The molecule has 0 aliphatic rings. The van der Waals surface area contributed by atoms with Gasteiger partial charge in [0.1, 0.15) is 0 Å². The van der Waals surface area contributed by atoms with Crippen molar-refractivity contribution in [2.45, 2.75) is 0 Å². The third-order valence-electron chi connectivity index (χ3n) is 11.6. The highest BCUT2D eigenvalue weighted by Crippen LogP contribution is 2.38. The predicted molar refractivity (Wildman–Crippen MR) is 258 cm³/mol. The van der Waals surface area contributed by atoms with Crippen molar-refractivity contribution in [3.05, 3.63) is 243 Å². The molecule has 11 rings (SSSR count). The highest BCUT2D eigenvalue weighted by Gasteiger charge is 2.17. The quantitative estimate of drug-likeness (QED) is 0.146. The number of nitrogens with zero attached hydrogens (tertiary/aromatic N) is 4. The summed E-state index contributed by atoms with van der Waals surface area (Å²) >= 11 is 0. The average molecular weight is 793 g/mol. The van der Waals surface area contributed by atoms with Crippen molar-refractivity contribution >= 4 is 38.9 Å². The molecule has 0 N–H and O–H groups in total. The summed E-state index contributed by atoms with van der Waals surface area (Å²) in [7, 11) is 0. The third-order valence-corrected chi connectivity index (χ3v) is 11.6. The SMILES string of the molecule is c1ccc(-c2ccc(-c3cc(-c4ccc(-n5c6ccccc6c6cc(-c7ccc(N(c8ccccc8)c8ccccc8)cc7)ccc65)cc4)nc(-c4ccccc4)n3)cc2)cc1. The van der Waals surface area contributed by atoms with Crippen LogP contribution in [0.4, 0.5) is 17.1 Å². The maximum absolute atomic E-state index is 5.12. The van der Waals surface area contributed by atoms with E-state index < -0.39 is 0 Å². The van der Waals surface area contributed by atoms with Gasteiger partial charge >= 0.3 is 0 Å². The normalized spacial score (nSPS) is 11.2. The fraction of sp³-hybridized carbons (Fsp3) is 0. The molecule has 62 heavy (non-hydrogen) atoms. The summed E-state index contributed by atoms with van der Waals surface area (Å²) in [6, 6.07) is 85.7. The fourth-order valence-electron chi connectivity index (χ4n) is 8.54. The maximum atomic E-state index is 5.12. The van der Waals surface area contributed by atoms with Gasteiger partial charge in [0.15, 0.2) is 5.82 Å². The lowest BCUT2D eigenvalue weighted by Crippen LogP contribution is -2.09. The number of rotatable bonds is 9. The zero-order chi connectivity index (χ0) is 41.2. The lowest BCUT2D eigenvalue weighted by Gasteiger charge is -2.25. The molecule has 0 unspecified atom stereocenters. The van der Waals surface area contributed by atoms with Crippen LogP contribution < -0.4 is 4.90 Å². The van der Waals surface area contributed by atoms with Crippen LogP contribution in [0, 0.1) is 0 Å². The molecule has 0 aliphatic heterocycles. The monoisotopic (exact) mass is 792 g/mol. The second kappa shape index (κ2) is 16.0. The van der Waals surface area contributed by atoms with Gasteiger partial charge in [-0.1, -0.05) is 170 Å². The molecular formula is C58H40N4. The minimum absolute atomic E-state index is 0.701. The van der Waals surface area contributed by atoms with Gasteiger partial charge in [0, 0.05) is 50.2 Å². The van der Waals surface area contributed by atoms with Gasteiger partial charge in [0.25, 0.3) is 0 Å². The lowest BCUT2D eigenvalue weighted by atomic mass is 10.0. The summed E-state index contributed by atoms with van der Waals surface area (Å²) in [6.45, 7) is 0. The van der Waals surface area contributed by atoms with Crippen molar-refractivity contribution in [3.63, 3.8) is 0 Å². The minimum atomic E-state index is 0.701. The van der Waals surface area contributed by atoms with E-state index >= 15 is 0 Å². The summed E-state index contributed by atoms with van der Waals surface area (Å²) in [6.07, 6.45) is 0. The van der Waals surface area contributed by atoms with Crippen LogP contribution in [0.15, 0.2) is 243 Å². The van der Waals surface area contributed by atoms with Gasteiger partial charge in [0.05, 0.1) is 22.4 Å². The van der Waals surface area contributed by atoms with Gasteiger partial charge < -0.3 is 9.47 Å². The number of fused-ring (bicyclic) bond motifs is 3. The van der Waals surface area contributed by atoms with E-state index in [1.165, 1.54) is 38.5 Å². The van der Waals surface area contributed by atoms with Gasteiger partial charge in [-0.05, 0) is 95.1 Å². The molecule has 9 aromatic carbocycles. The number of aromatic nitrogens is 3. The average Bonchev–Trinajstić information content (AvgIpc) is 3.69. The zero-order valence-corrected chi connectivity index (χ0v) is 33.9. The van der Waals surface area contributed by atoms with E-state index in [1.807, 2.05) is 24.3 Å². The van der Waals surface area contributed by atoms with E-state index in [4.69, 9.17) is 9.97 Å². The fourth-order valence-corrected chi connectivity index (χ4v) is 8.54. The first-order chi connectivity index (χ1) is 30.7. The van der Waals surface area contributed by atoms with Gasteiger partial charge in [0.2, 0.25) is 0 Å². The van der Waals surface area contributed by atoms with E-state index in [-0.39, 0.29) is 0 Å². The van der Waals surface area contributed by atoms with Crippen LogP contribution in [0.5, 0.6) is 0 Å². The topological polar surface area (TPSA) is 34.0 Å². The van der Waals surface area contributed by atoms with Crippen molar-refractivity contribution in [2.75, 3.05) is 4.90 Å². The van der Waals surface area contributed by atoms with E-state index in [2.05, 4.69) is 228 Å². The second-order valence-electron chi connectivity index (χ2n) is 15.5. The largest absolute Gasteiger partial charge is 0.311 e. The molecule has 0 saturated heterocycles. The zero-order valence-electron chi connectivity index (χ0n) is 33.9. The molecule has 292 valence electrons. The summed E-state index contributed by atoms with van der Waals surface area (Å²) in [4.78, 5) is 12.5. The first kappa shape index (κ1) is 36.7. The molecule has 2 aromatic heterocycles. The number of benzene rings is 9. The van der Waals surface area contributed by atoms with Crippen molar-refractivity contribution in [3.8, 4) is 61.8 Å². The Kier molecular flexibility index (Phi) is 9.49. The molecule has 0 aliphatic carbocycles. The Labute approximate surface area is 361 Å². The van der Waals surface area contributed by atoms with E-state index in [1.54, 1.807) is 0 Å². The van der Waals surface area contributed by atoms with Gasteiger partial charge in [-0.25, -0.2) is 9.97 Å². The third kappa shape index (κ3) is 7.00. The number of hydrogen-bond acceptors (Lipinski definition) is 3. The maximum Gasteiger partial charge on any atom is 0.160 e. The highest BCUT2D eigenvalue weighted by molar-refractivity contribution is 6.10. The Morgan fingerprint density at radius 3 is 1.32 bits per heavy atom. The Morgan fingerprint density at radius 2 is 0.710 bits per heavy atom. The smallest absolute Gasteiger partial charge is 0.160 e. The van der Waals surface area contributed by atoms with Crippen LogP contribution in [0.1, 0.15) is 0 Å². The minimum Gasteiger partial charge on any atom is -0.311 e. The van der Waals surface area contributed by atoms with Crippen LogP contribution in [0.2, 0.25) is 0 Å². The molecule has 0 saturated carbocycles. The van der Waals surface area contributed by atoms with Crippen molar-refractivity contribution in [2.24, 2.45) is 0 Å². The molecular weight excluding hydrogens is 753 g/mol. The van der Waals surface area contributed by atoms with Crippen molar-refractivity contribution in [1.29, 1.82) is 0 Å². The summed E-state index contributed by atoms with van der Waals surface area (Å²) in [5.41, 5.74) is 16.3. The lowest BCUT2D eigenvalue weighted by molar-refractivity contribution is 1.17. The standard InChI is InChI=1S/C58H40N4/c1-5-15-41(16-6-1)42-25-27-44(28-26-42)54-40-55(60-58(59-54)46-17-7-2-8-18-46)45-31-36-51(37-32-45)62-56-24-14-13-23-52(56)53-39-47(33-38-57(53)62)43-29-34-50(35-30-43)61(48-19-9-3-10-20-48)49-21-11-4-12-22-49/h1-40H. The van der Waals surface area contributed by atoms with Gasteiger partial charge in [-0.15, -0.1) is 0 Å². The van der Waals surface area contributed by atoms with Crippen LogP contribution in [-0.2, 0) is 0 Å². The molecule has 0 atom stereocenters. The Morgan fingerprint density at radius 1 is 0.290 bits per heavy atom. The summed E-state index contributed by atoms with van der Waals surface area (Å²) in [5, 5.41) is 2.43. The van der Waals surface area contributed by atoms with Crippen molar-refractivity contribution in [1.82, 2.24) is 14.5 Å². The van der Waals surface area contributed by atoms with Gasteiger partial charge in [-0.3, -0.25) is 0 Å². The molecule has 0 bridgehead atoms. The predicted octanol–water partition coefficient (Wildman–Crippen LogP) is 15.4. The van der Waals surface area contributed by atoms with Crippen LogP contribution in [-0.4, -0.2) is 14.5 Å². The Bertz CT molecular complexity index is 3250. The molecule has 0 spiro atoms. The number of para-hydroxylation sites is 3. The van der Waals surface area contributed by atoms with Gasteiger partial charge in [-0.2, -0.15) is 0 Å². The van der Waals surface area contributed by atoms with E-state index in [0.717, 1.165) is 56.3 Å². The van der Waals surface area contributed by atoms with E-state index in [9.17, 15) is 0 Å². The highest BCUT2D eigenvalue weighted by atomic mass is 15.1. The molecule has 11 aromatic rings. The Hall–Kier alpha value is -8.34. The molecule has 2 heterocycles. The molecule has 0 amide bonds. The molecule has 4 nitrogen and oxygen atoms in total. The summed E-state index contributed by atoms with van der Waals surface area (Å²) < 4.78 is 2.37. The first-order valence-corrected chi connectivity index (χ1v) is 21.0. The van der Waals surface area contributed by atoms with E-state index in [0.29, 0.717) is 5.82 Å².